The number of carbonyl (C=O) groups excluding carboxylic acids is 1. The molecular formula is C14H20O3. The fourth-order valence-corrected chi connectivity index (χ4v) is 1.22. The number of benzene rings is 1. The Hall–Kier alpha value is -1.35. The molecule has 0 fully saturated rings. The van der Waals surface area contributed by atoms with Gasteiger partial charge in [-0.3, -0.25) is 4.89 Å². The van der Waals surface area contributed by atoms with Gasteiger partial charge in [0.1, 0.15) is 5.60 Å². The molecule has 0 aliphatic heterocycles. The normalized spacial score (nSPS) is 11.6. The summed E-state index contributed by atoms with van der Waals surface area (Å²) in [6.45, 7) is 9.68. The van der Waals surface area contributed by atoms with E-state index in [0.29, 0.717) is 11.5 Å². The molecule has 0 aromatic heterocycles. The molecule has 17 heavy (non-hydrogen) atoms. The van der Waals surface area contributed by atoms with Crippen LogP contribution in [0, 0.1) is 0 Å². The first kappa shape index (κ1) is 13.7. The van der Waals surface area contributed by atoms with Crippen LogP contribution in [-0.2, 0) is 9.78 Å². The van der Waals surface area contributed by atoms with E-state index in [1.165, 1.54) is 5.56 Å². The van der Waals surface area contributed by atoms with Gasteiger partial charge in [-0.1, -0.05) is 26.0 Å². The van der Waals surface area contributed by atoms with Crippen molar-refractivity contribution in [1.29, 1.82) is 0 Å². The van der Waals surface area contributed by atoms with Gasteiger partial charge in [-0.2, -0.15) is 4.89 Å². The molecular weight excluding hydrogens is 216 g/mol. The van der Waals surface area contributed by atoms with Crippen molar-refractivity contribution in [1.82, 2.24) is 0 Å². The fourth-order valence-electron chi connectivity index (χ4n) is 1.22. The van der Waals surface area contributed by atoms with E-state index in [9.17, 15) is 4.79 Å². The maximum absolute atomic E-state index is 11.6. The van der Waals surface area contributed by atoms with Crippen molar-refractivity contribution in [2.75, 3.05) is 0 Å². The van der Waals surface area contributed by atoms with Crippen molar-refractivity contribution in [3.05, 3.63) is 35.4 Å². The fraction of sp³-hybridized carbons (Fsp3) is 0.500. The van der Waals surface area contributed by atoms with E-state index in [0.717, 1.165) is 0 Å². The van der Waals surface area contributed by atoms with Crippen LogP contribution in [0.1, 0.15) is 56.5 Å². The van der Waals surface area contributed by atoms with Crippen LogP contribution in [-0.4, -0.2) is 11.6 Å². The van der Waals surface area contributed by atoms with Crippen molar-refractivity contribution >= 4 is 5.97 Å². The molecule has 0 heterocycles. The Morgan fingerprint density at radius 1 is 1.12 bits per heavy atom. The molecule has 0 bridgehead atoms. The molecule has 0 aliphatic carbocycles. The molecule has 1 aromatic carbocycles. The molecule has 0 radical (unpaired) electrons. The average molecular weight is 236 g/mol. The van der Waals surface area contributed by atoms with E-state index in [2.05, 4.69) is 13.8 Å². The van der Waals surface area contributed by atoms with Gasteiger partial charge in [0, 0.05) is 0 Å². The number of hydrogen-bond acceptors (Lipinski definition) is 3. The summed E-state index contributed by atoms with van der Waals surface area (Å²) >= 11 is 0. The molecule has 94 valence electrons. The smallest absolute Gasteiger partial charge is 0.292 e. The lowest BCUT2D eigenvalue weighted by molar-refractivity contribution is -0.301. The standard InChI is InChI=1S/C14H20O3/c1-10(2)11-6-8-12(9-7-11)13(15)16-17-14(3,4)5/h6-10H,1-5H3. The summed E-state index contributed by atoms with van der Waals surface area (Å²) in [5, 5.41) is 0. The minimum Gasteiger partial charge on any atom is -0.292 e. The van der Waals surface area contributed by atoms with Crippen molar-refractivity contribution < 1.29 is 14.6 Å². The molecule has 0 spiro atoms. The maximum Gasteiger partial charge on any atom is 0.373 e. The third-order valence-electron chi connectivity index (χ3n) is 2.18. The highest BCUT2D eigenvalue weighted by molar-refractivity contribution is 5.88. The van der Waals surface area contributed by atoms with Crippen LogP contribution in [0.15, 0.2) is 24.3 Å². The van der Waals surface area contributed by atoms with Gasteiger partial charge in [-0.25, -0.2) is 4.79 Å². The predicted molar refractivity (Wildman–Crippen MR) is 66.8 cm³/mol. The van der Waals surface area contributed by atoms with E-state index in [1.54, 1.807) is 12.1 Å². The van der Waals surface area contributed by atoms with Crippen LogP contribution in [0.5, 0.6) is 0 Å². The second kappa shape index (κ2) is 5.32. The molecule has 1 rings (SSSR count). The molecule has 0 aliphatic rings. The third-order valence-corrected chi connectivity index (χ3v) is 2.18. The van der Waals surface area contributed by atoms with Gasteiger partial charge in [0.25, 0.3) is 0 Å². The van der Waals surface area contributed by atoms with Crippen LogP contribution < -0.4 is 0 Å². The molecule has 0 N–H and O–H groups in total. The lowest BCUT2D eigenvalue weighted by Crippen LogP contribution is -2.21. The van der Waals surface area contributed by atoms with Crippen molar-refractivity contribution in [3.63, 3.8) is 0 Å². The predicted octanol–water partition coefficient (Wildman–Crippen LogP) is 3.70. The third kappa shape index (κ3) is 4.57. The van der Waals surface area contributed by atoms with E-state index >= 15 is 0 Å². The maximum atomic E-state index is 11.6. The lowest BCUT2D eigenvalue weighted by atomic mass is 10.0. The molecule has 3 nitrogen and oxygen atoms in total. The van der Waals surface area contributed by atoms with Gasteiger partial charge in [0.15, 0.2) is 0 Å². The minimum atomic E-state index is -0.493. The first-order chi connectivity index (χ1) is 7.79. The van der Waals surface area contributed by atoms with Crippen LogP contribution in [0.3, 0.4) is 0 Å². The first-order valence-electron chi connectivity index (χ1n) is 5.79. The quantitative estimate of drug-likeness (QED) is 0.593. The van der Waals surface area contributed by atoms with Crippen LogP contribution in [0.25, 0.3) is 0 Å². The zero-order valence-corrected chi connectivity index (χ0v) is 11.1. The van der Waals surface area contributed by atoms with Gasteiger partial charge >= 0.3 is 5.97 Å². The van der Waals surface area contributed by atoms with Gasteiger partial charge in [0.2, 0.25) is 0 Å². The highest BCUT2D eigenvalue weighted by Gasteiger charge is 2.16. The largest absolute Gasteiger partial charge is 0.373 e. The van der Waals surface area contributed by atoms with E-state index in [1.807, 2.05) is 32.9 Å². The molecule has 3 heteroatoms. The number of carbonyl (C=O) groups is 1. The summed E-state index contributed by atoms with van der Waals surface area (Å²) in [7, 11) is 0. The molecule has 0 amide bonds. The van der Waals surface area contributed by atoms with Crippen molar-refractivity contribution in [2.24, 2.45) is 0 Å². The molecule has 1 aromatic rings. The summed E-state index contributed by atoms with van der Waals surface area (Å²) < 4.78 is 0. The lowest BCUT2D eigenvalue weighted by Gasteiger charge is -2.16. The van der Waals surface area contributed by atoms with Gasteiger partial charge in [-0.05, 0) is 44.4 Å². The van der Waals surface area contributed by atoms with Crippen molar-refractivity contribution in [3.8, 4) is 0 Å². The van der Waals surface area contributed by atoms with Gasteiger partial charge in [0.05, 0.1) is 5.56 Å². The Balaban J connectivity index is 2.64. The summed E-state index contributed by atoms with van der Waals surface area (Å²) in [6, 6.07) is 7.37. The highest BCUT2D eigenvalue weighted by atomic mass is 17.2. The highest BCUT2D eigenvalue weighted by Crippen LogP contribution is 2.16. The zero-order valence-electron chi connectivity index (χ0n) is 11.1. The Kier molecular flexibility index (Phi) is 4.29. The monoisotopic (exact) mass is 236 g/mol. The Morgan fingerprint density at radius 3 is 2.06 bits per heavy atom. The first-order valence-corrected chi connectivity index (χ1v) is 5.79. The molecule has 0 unspecified atom stereocenters. The number of rotatable bonds is 3. The number of hydrogen-bond donors (Lipinski definition) is 0. The van der Waals surface area contributed by atoms with Crippen LogP contribution in [0.2, 0.25) is 0 Å². The second-order valence-corrected chi connectivity index (χ2v) is 5.34. The van der Waals surface area contributed by atoms with E-state index in [-0.39, 0.29) is 0 Å². The van der Waals surface area contributed by atoms with Crippen LogP contribution >= 0.6 is 0 Å². The zero-order chi connectivity index (χ0) is 13.1. The SMILES string of the molecule is CC(C)c1ccc(C(=O)OOC(C)(C)C)cc1. The molecule has 0 saturated heterocycles. The Labute approximate surface area is 103 Å². The summed E-state index contributed by atoms with van der Waals surface area (Å²) in [4.78, 5) is 21.4. The summed E-state index contributed by atoms with van der Waals surface area (Å²) in [6.07, 6.45) is 0. The van der Waals surface area contributed by atoms with E-state index < -0.39 is 11.6 Å². The topological polar surface area (TPSA) is 35.5 Å². The van der Waals surface area contributed by atoms with Crippen LogP contribution in [0.4, 0.5) is 0 Å². The molecule has 0 saturated carbocycles. The minimum absolute atomic E-state index is 0.450. The Morgan fingerprint density at radius 2 is 1.65 bits per heavy atom. The summed E-state index contributed by atoms with van der Waals surface area (Å²) in [5.41, 5.74) is 1.20. The summed E-state index contributed by atoms with van der Waals surface area (Å²) in [5.74, 6) is -0.0128. The van der Waals surface area contributed by atoms with Gasteiger partial charge in [-0.15, -0.1) is 0 Å². The second-order valence-electron chi connectivity index (χ2n) is 5.34. The Bertz CT molecular complexity index is 371. The van der Waals surface area contributed by atoms with Gasteiger partial charge < -0.3 is 0 Å². The molecule has 0 atom stereocenters. The van der Waals surface area contributed by atoms with Crippen molar-refractivity contribution in [2.45, 2.75) is 46.1 Å². The average Bonchev–Trinajstić information content (AvgIpc) is 2.25. The van der Waals surface area contributed by atoms with E-state index in [4.69, 9.17) is 9.78 Å².